The van der Waals surface area contributed by atoms with Crippen LogP contribution in [0.4, 0.5) is 5.82 Å². The molecule has 0 unspecified atom stereocenters. The zero-order valence-electron chi connectivity index (χ0n) is 20.6. The molecule has 0 bridgehead atoms. The average Bonchev–Trinajstić information content (AvgIpc) is 3.50. The standard InChI is InChI=1S/C26H32N8O/c1-19(35-4)16-32-7-9-33(10-8-32)25-6-5-20(13-28-25)24-11-21(23-15-29-31(3)17-23)18-34-26(24)22(12-27-2)14-30-34/h5-6,11,13-15,17-19H,2,7-10,12,16H2,1,3-4H3/t19-/m1/s1. The number of hydrogen-bond donors (Lipinski definition) is 0. The highest BCUT2D eigenvalue weighted by molar-refractivity contribution is 5.86. The number of aryl methyl sites for hydroxylation is 1. The summed E-state index contributed by atoms with van der Waals surface area (Å²) in [7, 11) is 3.69. The molecule has 35 heavy (non-hydrogen) atoms. The molecule has 0 N–H and O–H groups in total. The second-order valence-corrected chi connectivity index (χ2v) is 9.13. The van der Waals surface area contributed by atoms with Crippen LogP contribution in [0.3, 0.4) is 0 Å². The van der Waals surface area contributed by atoms with E-state index in [1.807, 2.05) is 42.5 Å². The molecule has 4 aromatic rings. The van der Waals surface area contributed by atoms with E-state index < -0.39 is 0 Å². The van der Waals surface area contributed by atoms with E-state index >= 15 is 0 Å². The molecule has 5 heterocycles. The molecule has 0 aliphatic carbocycles. The Hall–Kier alpha value is -3.56. The van der Waals surface area contributed by atoms with Crippen molar-refractivity contribution in [2.24, 2.45) is 12.0 Å². The smallest absolute Gasteiger partial charge is 0.128 e. The van der Waals surface area contributed by atoms with E-state index in [1.54, 1.807) is 11.8 Å². The zero-order valence-corrected chi connectivity index (χ0v) is 20.6. The van der Waals surface area contributed by atoms with Gasteiger partial charge in [-0.3, -0.25) is 14.6 Å². The molecule has 0 spiro atoms. The fourth-order valence-electron chi connectivity index (χ4n) is 4.70. The molecule has 9 nitrogen and oxygen atoms in total. The highest BCUT2D eigenvalue weighted by atomic mass is 16.5. The van der Waals surface area contributed by atoms with Gasteiger partial charge >= 0.3 is 0 Å². The molecule has 9 heteroatoms. The third-order valence-corrected chi connectivity index (χ3v) is 6.68. The number of nitrogens with zero attached hydrogens (tertiary/aromatic N) is 8. The Labute approximate surface area is 205 Å². The summed E-state index contributed by atoms with van der Waals surface area (Å²) in [4.78, 5) is 13.8. The van der Waals surface area contributed by atoms with E-state index in [0.29, 0.717) is 6.54 Å². The monoisotopic (exact) mass is 472 g/mol. The van der Waals surface area contributed by atoms with Crippen molar-refractivity contribution in [2.75, 3.05) is 44.7 Å². The van der Waals surface area contributed by atoms with Crippen molar-refractivity contribution in [1.29, 1.82) is 0 Å². The number of ether oxygens (including phenoxy) is 1. The number of aromatic nitrogens is 5. The fraction of sp³-hybridized carbons (Fsp3) is 0.385. The van der Waals surface area contributed by atoms with Crippen molar-refractivity contribution in [2.45, 2.75) is 19.6 Å². The third-order valence-electron chi connectivity index (χ3n) is 6.68. The van der Waals surface area contributed by atoms with Crippen LogP contribution in [0.15, 0.2) is 54.2 Å². The minimum absolute atomic E-state index is 0.253. The summed E-state index contributed by atoms with van der Waals surface area (Å²) in [6, 6.07) is 6.47. The molecule has 5 rings (SSSR count). The molecule has 1 saturated heterocycles. The van der Waals surface area contributed by atoms with E-state index in [-0.39, 0.29) is 6.10 Å². The Balaban J connectivity index is 1.44. The molecule has 0 aromatic carbocycles. The van der Waals surface area contributed by atoms with Crippen LogP contribution < -0.4 is 4.90 Å². The van der Waals surface area contributed by atoms with Gasteiger partial charge in [-0.2, -0.15) is 10.2 Å². The van der Waals surface area contributed by atoms with Gasteiger partial charge in [0.15, 0.2) is 0 Å². The number of hydrogen-bond acceptors (Lipinski definition) is 7. The van der Waals surface area contributed by atoms with Crippen LogP contribution in [-0.4, -0.2) is 81.9 Å². The highest BCUT2D eigenvalue weighted by Gasteiger charge is 2.20. The maximum absolute atomic E-state index is 5.42. The van der Waals surface area contributed by atoms with E-state index in [2.05, 4.69) is 56.8 Å². The first kappa shape index (κ1) is 23.2. The first-order chi connectivity index (χ1) is 17.1. The largest absolute Gasteiger partial charge is 0.380 e. The maximum Gasteiger partial charge on any atom is 0.128 e. The van der Waals surface area contributed by atoms with E-state index in [0.717, 1.165) is 71.9 Å². The Bertz CT molecular complexity index is 1300. The first-order valence-electron chi connectivity index (χ1n) is 11.9. The number of anilines is 1. The molecular formula is C26H32N8O. The second-order valence-electron chi connectivity index (χ2n) is 9.13. The van der Waals surface area contributed by atoms with Gasteiger partial charge in [-0.15, -0.1) is 0 Å². The SMILES string of the molecule is C=NCc1cnn2cc(-c3cnn(C)c3)cc(-c3ccc(N4CCN(C[C@@H](C)OC)CC4)nc3)c12. The Morgan fingerprint density at radius 1 is 1.03 bits per heavy atom. The molecule has 0 radical (unpaired) electrons. The normalized spacial score (nSPS) is 15.6. The van der Waals surface area contributed by atoms with Gasteiger partial charge in [0.05, 0.1) is 30.6 Å². The molecule has 1 fully saturated rings. The van der Waals surface area contributed by atoms with Crippen molar-refractivity contribution in [3.63, 3.8) is 0 Å². The van der Waals surface area contributed by atoms with Gasteiger partial charge in [0.2, 0.25) is 0 Å². The van der Waals surface area contributed by atoms with Gasteiger partial charge in [0, 0.05) is 93.3 Å². The predicted molar refractivity (Wildman–Crippen MR) is 139 cm³/mol. The number of aliphatic imine (C=N–C) groups is 1. The van der Waals surface area contributed by atoms with Crippen LogP contribution in [0.2, 0.25) is 0 Å². The van der Waals surface area contributed by atoms with Gasteiger partial charge < -0.3 is 9.64 Å². The van der Waals surface area contributed by atoms with Crippen molar-refractivity contribution >= 4 is 18.1 Å². The summed E-state index contributed by atoms with van der Waals surface area (Å²) in [6.07, 6.45) is 10.0. The topological polar surface area (TPSA) is 76.1 Å². The minimum atomic E-state index is 0.253. The summed E-state index contributed by atoms with van der Waals surface area (Å²) in [6.45, 7) is 11.2. The lowest BCUT2D eigenvalue weighted by molar-refractivity contribution is 0.0749. The van der Waals surface area contributed by atoms with Gasteiger partial charge in [-0.05, 0) is 31.8 Å². The second kappa shape index (κ2) is 9.97. The van der Waals surface area contributed by atoms with Crippen LogP contribution in [0.1, 0.15) is 12.5 Å². The van der Waals surface area contributed by atoms with E-state index in [4.69, 9.17) is 9.72 Å². The van der Waals surface area contributed by atoms with Crippen LogP contribution in [0.25, 0.3) is 27.8 Å². The number of piperazine rings is 1. The molecule has 0 saturated carbocycles. The summed E-state index contributed by atoms with van der Waals surface area (Å²) in [5.74, 6) is 1.01. The van der Waals surface area contributed by atoms with Crippen LogP contribution in [0.5, 0.6) is 0 Å². The summed E-state index contributed by atoms with van der Waals surface area (Å²) >= 11 is 0. The molecule has 1 aliphatic heterocycles. The lowest BCUT2D eigenvalue weighted by Crippen LogP contribution is -2.48. The predicted octanol–water partition coefficient (Wildman–Crippen LogP) is 3.15. The molecule has 4 aromatic heterocycles. The lowest BCUT2D eigenvalue weighted by Gasteiger charge is -2.36. The Kier molecular flexibility index (Phi) is 6.61. The molecule has 0 amide bonds. The van der Waals surface area contributed by atoms with Gasteiger partial charge in [-0.25, -0.2) is 9.50 Å². The lowest BCUT2D eigenvalue weighted by atomic mass is 10.0. The highest BCUT2D eigenvalue weighted by Crippen LogP contribution is 2.32. The van der Waals surface area contributed by atoms with Gasteiger partial charge in [0.25, 0.3) is 0 Å². The van der Waals surface area contributed by atoms with Crippen LogP contribution in [-0.2, 0) is 18.3 Å². The van der Waals surface area contributed by atoms with Crippen LogP contribution >= 0.6 is 0 Å². The third kappa shape index (κ3) is 4.82. The van der Waals surface area contributed by atoms with Crippen LogP contribution in [0, 0.1) is 0 Å². The van der Waals surface area contributed by atoms with Crippen molar-refractivity contribution in [3.05, 3.63) is 54.7 Å². The Morgan fingerprint density at radius 3 is 2.51 bits per heavy atom. The van der Waals surface area contributed by atoms with Gasteiger partial charge in [0.1, 0.15) is 5.82 Å². The van der Waals surface area contributed by atoms with Gasteiger partial charge in [-0.1, -0.05) is 0 Å². The summed E-state index contributed by atoms with van der Waals surface area (Å²) in [5.41, 5.74) is 6.27. The fourth-order valence-corrected chi connectivity index (χ4v) is 4.70. The average molecular weight is 473 g/mol. The minimum Gasteiger partial charge on any atom is -0.380 e. The summed E-state index contributed by atoms with van der Waals surface area (Å²) < 4.78 is 9.15. The summed E-state index contributed by atoms with van der Waals surface area (Å²) in [5, 5.41) is 8.94. The van der Waals surface area contributed by atoms with E-state index in [9.17, 15) is 0 Å². The zero-order chi connectivity index (χ0) is 24.4. The molecule has 182 valence electrons. The van der Waals surface area contributed by atoms with Crippen molar-refractivity contribution in [1.82, 2.24) is 29.3 Å². The van der Waals surface area contributed by atoms with Crippen molar-refractivity contribution < 1.29 is 4.74 Å². The molecule has 1 atom stereocenters. The number of methoxy groups -OCH3 is 1. The number of pyridine rings is 2. The number of rotatable bonds is 8. The first-order valence-corrected chi connectivity index (χ1v) is 11.9. The quantitative estimate of drug-likeness (QED) is 0.367. The van der Waals surface area contributed by atoms with Crippen molar-refractivity contribution in [3.8, 4) is 22.3 Å². The Morgan fingerprint density at radius 2 is 1.86 bits per heavy atom. The molecule has 1 aliphatic rings. The number of fused-ring (bicyclic) bond motifs is 1. The maximum atomic E-state index is 5.42. The molecular weight excluding hydrogens is 440 g/mol. The van der Waals surface area contributed by atoms with E-state index in [1.165, 1.54) is 0 Å².